The van der Waals surface area contributed by atoms with Crippen LogP contribution in [0.2, 0.25) is 0 Å². The first-order valence-electron chi connectivity index (χ1n) is 5.31. The second kappa shape index (κ2) is 5.60. The molecule has 0 bridgehead atoms. The van der Waals surface area contributed by atoms with Gasteiger partial charge in [0, 0.05) is 12.1 Å². The zero-order valence-electron chi connectivity index (χ0n) is 9.59. The minimum atomic E-state index is 0.613. The zero-order chi connectivity index (χ0) is 12.1. The van der Waals surface area contributed by atoms with Gasteiger partial charge in [-0.25, -0.2) is 0 Å². The van der Waals surface area contributed by atoms with Crippen LogP contribution in [0.1, 0.15) is 5.56 Å². The van der Waals surface area contributed by atoms with Gasteiger partial charge in [0.2, 0.25) is 6.19 Å². The quantitative estimate of drug-likeness (QED) is 0.400. The summed E-state index contributed by atoms with van der Waals surface area (Å²) in [6, 6.07) is 7.97. The highest BCUT2D eigenvalue weighted by molar-refractivity contribution is 8.13. The number of hydrogen-bond acceptors (Lipinski definition) is 4. The maximum atomic E-state index is 8.66. The number of thioether (sulfide) groups is 1. The van der Waals surface area contributed by atoms with Crippen molar-refractivity contribution >= 4 is 16.9 Å². The SMILES string of the molecule is CSC(=NC#N)N1CCOc2ccccc2C1. The number of benzene rings is 1. The molecule has 0 radical (unpaired) electrons. The van der Waals surface area contributed by atoms with E-state index >= 15 is 0 Å². The molecular formula is C12H13N3OS. The van der Waals surface area contributed by atoms with Gasteiger partial charge in [-0.15, -0.1) is 4.99 Å². The number of amidine groups is 1. The van der Waals surface area contributed by atoms with Gasteiger partial charge in [0.1, 0.15) is 12.4 Å². The molecule has 0 N–H and O–H groups in total. The summed E-state index contributed by atoms with van der Waals surface area (Å²) in [5.74, 6) is 0.924. The van der Waals surface area contributed by atoms with Crippen LogP contribution in [0.25, 0.3) is 0 Å². The van der Waals surface area contributed by atoms with E-state index in [1.807, 2.05) is 36.7 Å². The standard InChI is InChI=1S/C12H13N3OS/c1-17-12(14-9-13)15-6-7-16-11-5-3-2-4-10(11)8-15/h2-5H,6-8H2,1H3. The van der Waals surface area contributed by atoms with E-state index in [1.54, 1.807) is 0 Å². The Morgan fingerprint density at radius 3 is 3.12 bits per heavy atom. The van der Waals surface area contributed by atoms with Crippen LogP contribution in [-0.2, 0) is 6.54 Å². The van der Waals surface area contributed by atoms with E-state index in [9.17, 15) is 0 Å². The Bertz CT molecular complexity index is 467. The van der Waals surface area contributed by atoms with Gasteiger partial charge in [-0.05, 0) is 12.3 Å². The molecule has 88 valence electrons. The molecule has 0 fully saturated rings. The van der Waals surface area contributed by atoms with Crippen LogP contribution in [0.5, 0.6) is 5.75 Å². The molecule has 0 atom stereocenters. The Morgan fingerprint density at radius 1 is 1.53 bits per heavy atom. The smallest absolute Gasteiger partial charge is 0.208 e. The number of aliphatic imine (C=N–C) groups is 1. The molecule has 0 unspecified atom stereocenters. The lowest BCUT2D eigenvalue weighted by molar-refractivity contribution is 0.291. The number of ether oxygens (including phenoxy) is 1. The number of nitriles is 1. The predicted molar refractivity (Wildman–Crippen MR) is 68.9 cm³/mol. The lowest BCUT2D eigenvalue weighted by atomic mass is 10.2. The van der Waals surface area contributed by atoms with Gasteiger partial charge in [-0.1, -0.05) is 30.0 Å². The maximum absolute atomic E-state index is 8.66. The molecule has 17 heavy (non-hydrogen) atoms. The zero-order valence-corrected chi connectivity index (χ0v) is 10.4. The molecule has 1 heterocycles. The van der Waals surface area contributed by atoms with E-state index in [-0.39, 0.29) is 0 Å². The molecule has 0 saturated carbocycles. The van der Waals surface area contributed by atoms with Crippen molar-refractivity contribution in [1.29, 1.82) is 5.26 Å². The highest BCUT2D eigenvalue weighted by Gasteiger charge is 2.17. The number of hydrogen-bond donors (Lipinski definition) is 0. The monoisotopic (exact) mass is 247 g/mol. The summed E-state index contributed by atoms with van der Waals surface area (Å²) in [5.41, 5.74) is 1.13. The molecule has 0 amide bonds. The summed E-state index contributed by atoms with van der Waals surface area (Å²) in [6.45, 7) is 2.09. The van der Waals surface area contributed by atoms with Gasteiger partial charge < -0.3 is 9.64 Å². The highest BCUT2D eigenvalue weighted by Crippen LogP contribution is 2.23. The second-order valence-electron chi connectivity index (χ2n) is 3.58. The molecule has 0 spiro atoms. The molecule has 1 aromatic carbocycles. The molecule has 1 aliphatic rings. The van der Waals surface area contributed by atoms with Crippen molar-refractivity contribution in [3.8, 4) is 11.9 Å². The first kappa shape index (κ1) is 11.8. The molecule has 0 aliphatic carbocycles. The average molecular weight is 247 g/mol. The molecule has 1 aliphatic heterocycles. The summed E-state index contributed by atoms with van der Waals surface area (Å²) in [7, 11) is 0. The Hall–Kier alpha value is -1.67. The van der Waals surface area contributed by atoms with Gasteiger partial charge in [0.15, 0.2) is 5.17 Å². The van der Waals surface area contributed by atoms with Crippen LogP contribution in [0.15, 0.2) is 29.3 Å². The van der Waals surface area contributed by atoms with E-state index in [1.165, 1.54) is 11.8 Å². The van der Waals surface area contributed by atoms with E-state index in [0.29, 0.717) is 6.61 Å². The first-order chi connectivity index (χ1) is 8.35. The Morgan fingerprint density at radius 2 is 2.35 bits per heavy atom. The van der Waals surface area contributed by atoms with Crippen LogP contribution in [0.3, 0.4) is 0 Å². The van der Waals surface area contributed by atoms with E-state index in [2.05, 4.69) is 9.89 Å². The molecular weight excluding hydrogens is 234 g/mol. The number of rotatable bonds is 0. The third kappa shape index (κ3) is 2.71. The normalized spacial score (nSPS) is 15.5. The lowest BCUT2D eigenvalue weighted by Gasteiger charge is -2.21. The van der Waals surface area contributed by atoms with Gasteiger partial charge in [0.25, 0.3) is 0 Å². The minimum Gasteiger partial charge on any atom is -0.491 e. The van der Waals surface area contributed by atoms with Crippen LogP contribution < -0.4 is 4.74 Å². The largest absolute Gasteiger partial charge is 0.491 e. The van der Waals surface area contributed by atoms with Gasteiger partial charge in [-0.2, -0.15) is 5.26 Å². The minimum absolute atomic E-state index is 0.613. The first-order valence-corrected chi connectivity index (χ1v) is 6.54. The summed E-state index contributed by atoms with van der Waals surface area (Å²) in [6.07, 6.45) is 3.77. The van der Waals surface area contributed by atoms with Gasteiger partial charge >= 0.3 is 0 Å². The van der Waals surface area contributed by atoms with Crippen molar-refractivity contribution in [2.45, 2.75) is 6.54 Å². The molecule has 0 saturated heterocycles. The van der Waals surface area contributed by atoms with E-state index in [4.69, 9.17) is 10.00 Å². The predicted octanol–water partition coefficient (Wildman–Crippen LogP) is 2.08. The van der Waals surface area contributed by atoms with Crippen molar-refractivity contribution in [3.63, 3.8) is 0 Å². The van der Waals surface area contributed by atoms with Crippen LogP contribution in [0, 0.1) is 11.5 Å². The Labute approximate surface area is 105 Å². The average Bonchev–Trinajstić information content (AvgIpc) is 2.57. The molecule has 4 nitrogen and oxygen atoms in total. The lowest BCUT2D eigenvalue weighted by Crippen LogP contribution is -2.30. The second-order valence-corrected chi connectivity index (χ2v) is 4.35. The van der Waals surface area contributed by atoms with Crippen LogP contribution in [0.4, 0.5) is 0 Å². The van der Waals surface area contributed by atoms with Gasteiger partial charge in [-0.3, -0.25) is 0 Å². The van der Waals surface area contributed by atoms with Crippen LogP contribution >= 0.6 is 11.8 Å². The third-order valence-electron chi connectivity index (χ3n) is 2.55. The molecule has 2 rings (SSSR count). The number of fused-ring (bicyclic) bond motifs is 1. The van der Waals surface area contributed by atoms with Gasteiger partial charge in [0.05, 0.1) is 6.54 Å². The maximum Gasteiger partial charge on any atom is 0.208 e. The Balaban J connectivity index is 2.24. The fourth-order valence-electron chi connectivity index (χ4n) is 1.78. The Kier molecular flexibility index (Phi) is 3.89. The number of para-hydroxylation sites is 1. The van der Waals surface area contributed by atoms with Crippen molar-refractivity contribution in [1.82, 2.24) is 4.90 Å². The van der Waals surface area contributed by atoms with Crippen molar-refractivity contribution in [2.24, 2.45) is 4.99 Å². The number of nitrogens with zero attached hydrogens (tertiary/aromatic N) is 3. The van der Waals surface area contributed by atoms with Crippen LogP contribution in [-0.4, -0.2) is 29.5 Å². The van der Waals surface area contributed by atoms with E-state index in [0.717, 1.165) is 29.6 Å². The molecule has 1 aromatic rings. The molecule has 0 aromatic heterocycles. The van der Waals surface area contributed by atoms with E-state index < -0.39 is 0 Å². The fraction of sp³-hybridized carbons (Fsp3) is 0.333. The molecule has 5 heteroatoms. The fourth-order valence-corrected chi connectivity index (χ4v) is 2.32. The van der Waals surface area contributed by atoms with Crippen molar-refractivity contribution in [2.75, 3.05) is 19.4 Å². The summed E-state index contributed by atoms with van der Waals surface area (Å²) in [5, 5.41) is 9.40. The summed E-state index contributed by atoms with van der Waals surface area (Å²) in [4.78, 5) is 5.91. The van der Waals surface area contributed by atoms with Crippen molar-refractivity contribution < 1.29 is 4.74 Å². The summed E-state index contributed by atoms with van der Waals surface area (Å²) >= 11 is 1.48. The third-order valence-corrected chi connectivity index (χ3v) is 3.27. The summed E-state index contributed by atoms with van der Waals surface area (Å²) < 4.78 is 5.66. The topological polar surface area (TPSA) is 48.6 Å². The highest BCUT2D eigenvalue weighted by atomic mass is 32.2. The van der Waals surface area contributed by atoms with Crippen molar-refractivity contribution in [3.05, 3.63) is 29.8 Å².